The van der Waals surface area contributed by atoms with Gasteiger partial charge in [-0.15, -0.1) is 11.3 Å². The van der Waals surface area contributed by atoms with Gasteiger partial charge in [0.25, 0.3) is 0 Å². The van der Waals surface area contributed by atoms with E-state index >= 15 is 0 Å². The molecule has 3 heteroatoms. The molecule has 72 valence electrons. The summed E-state index contributed by atoms with van der Waals surface area (Å²) in [5.41, 5.74) is 1.43. The van der Waals surface area contributed by atoms with E-state index in [1.54, 1.807) is 11.3 Å². The van der Waals surface area contributed by atoms with Crippen molar-refractivity contribution >= 4 is 49.3 Å². The van der Waals surface area contributed by atoms with E-state index in [0.717, 1.165) is 5.33 Å². The fourth-order valence-electron chi connectivity index (χ4n) is 0.936. The lowest BCUT2D eigenvalue weighted by Crippen LogP contribution is -1.94. The average molecular weight is 324 g/mol. The second kappa shape index (κ2) is 5.32. The first kappa shape index (κ1) is 11.5. The summed E-state index contributed by atoms with van der Waals surface area (Å²) in [7, 11) is 0. The normalized spacial score (nSPS) is 12.5. The van der Waals surface area contributed by atoms with Crippen molar-refractivity contribution in [2.45, 2.75) is 13.8 Å². The lowest BCUT2D eigenvalue weighted by atomic mass is 10.1. The summed E-state index contributed by atoms with van der Waals surface area (Å²) in [6.07, 6.45) is 2.26. The molecule has 1 aromatic rings. The maximum Gasteiger partial charge on any atom is 0.0412 e. The Morgan fingerprint density at radius 1 is 1.62 bits per heavy atom. The monoisotopic (exact) mass is 322 g/mol. The maximum absolute atomic E-state index is 3.52. The number of halogens is 2. The molecule has 0 atom stereocenters. The highest BCUT2D eigenvalue weighted by molar-refractivity contribution is 9.10. The van der Waals surface area contributed by atoms with Crippen molar-refractivity contribution in [3.8, 4) is 0 Å². The van der Waals surface area contributed by atoms with Crippen LogP contribution in [0.25, 0.3) is 6.08 Å². The average Bonchev–Trinajstić information content (AvgIpc) is 2.46. The van der Waals surface area contributed by atoms with Crippen molar-refractivity contribution in [2.24, 2.45) is 5.92 Å². The smallest absolute Gasteiger partial charge is 0.0412 e. The highest BCUT2D eigenvalue weighted by Crippen LogP contribution is 2.27. The number of alkyl halides is 1. The van der Waals surface area contributed by atoms with Crippen molar-refractivity contribution in [1.29, 1.82) is 0 Å². The Morgan fingerprint density at radius 2 is 2.31 bits per heavy atom. The van der Waals surface area contributed by atoms with Crippen LogP contribution in [0.5, 0.6) is 0 Å². The first-order valence-corrected chi connectivity index (χ1v) is 6.94. The third-order valence-corrected chi connectivity index (χ3v) is 4.32. The van der Waals surface area contributed by atoms with E-state index in [-0.39, 0.29) is 0 Å². The minimum Gasteiger partial charge on any atom is -0.143 e. The summed E-state index contributed by atoms with van der Waals surface area (Å²) in [5, 5.41) is 3.05. The van der Waals surface area contributed by atoms with Gasteiger partial charge in [0.2, 0.25) is 0 Å². The molecule has 0 saturated carbocycles. The van der Waals surface area contributed by atoms with Gasteiger partial charge in [-0.3, -0.25) is 0 Å². The molecule has 0 aromatic carbocycles. The van der Waals surface area contributed by atoms with Gasteiger partial charge < -0.3 is 0 Å². The number of hydrogen-bond acceptors (Lipinski definition) is 1. The van der Waals surface area contributed by atoms with Gasteiger partial charge in [0.05, 0.1) is 0 Å². The standard InChI is InChI=1S/C10H12Br2S/c1-7(2)8(6-11)5-10-9(12)3-4-13-10/h3-5,7H,6H2,1-2H3/b8-5+. The SMILES string of the molecule is CC(C)/C(=C/c1sccc1Br)CBr. The van der Waals surface area contributed by atoms with Gasteiger partial charge in [0.15, 0.2) is 0 Å². The molecule has 0 spiro atoms. The van der Waals surface area contributed by atoms with Crippen molar-refractivity contribution in [1.82, 2.24) is 0 Å². The van der Waals surface area contributed by atoms with Crippen LogP contribution in [0.4, 0.5) is 0 Å². The minimum atomic E-state index is 0.605. The topological polar surface area (TPSA) is 0 Å². The van der Waals surface area contributed by atoms with Crippen LogP contribution in [-0.2, 0) is 0 Å². The van der Waals surface area contributed by atoms with E-state index in [1.807, 2.05) is 0 Å². The molecule has 0 nitrogen and oxygen atoms in total. The number of allylic oxidation sites excluding steroid dienone is 1. The molecule has 1 rings (SSSR count). The Balaban J connectivity index is 2.91. The van der Waals surface area contributed by atoms with E-state index in [2.05, 4.69) is 63.2 Å². The van der Waals surface area contributed by atoms with Crippen molar-refractivity contribution < 1.29 is 0 Å². The lowest BCUT2D eigenvalue weighted by Gasteiger charge is -2.06. The molecule has 0 aliphatic heterocycles. The Hall–Kier alpha value is 0.400. The Morgan fingerprint density at radius 3 is 2.69 bits per heavy atom. The summed E-state index contributed by atoms with van der Waals surface area (Å²) >= 11 is 8.80. The van der Waals surface area contributed by atoms with Crippen molar-refractivity contribution in [3.05, 3.63) is 26.4 Å². The van der Waals surface area contributed by atoms with Crippen LogP contribution in [-0.4, -0.2) is 5.33 Å². The van der Waals surface area contributed by atoms with Crippen LogP contribution in [0.2, 0.25) is 0 Å². The molecular formula is C10H12Br2S. The maximum atomic E-state index is 3.52. The van der Waals surface area contributed by atoms with Crippen molar-refractivity contribution in [3.63, 3.8) is 0 Å². The molecule has 0 radical (unpaired) electrons. The molecule has 0 aliphatic carbocycles. The number of rotatable bonds is 3. The first-order chi connectivity index (χ1) is 6.15. The molecule has 13 heavy (non-hydrogen) atoms. The van der Waals surface area contributed by atoms with Gasteiger partial charge in [0.1, 0.15) is 0 Å². The van der Waals surface area contributed by atoms with Gasteiger partial charge in [-0.2, -0.15) is 0 Å². The van der Waals surface area contributed by atoms with Crippen molar-refractivity contribution in [2.75, 3.05) is 5.33 Å². The summed E-state index contributed by atoms with van der Waals surface area (Å²) in [6.45, 7) is 4.43. The molecule has 0 fully saturated rings. The summed E-state index contributed by atoms with van der Waals surface area (Å²) in [4.78, 5) is 1.31. The number of hydrogen-bond donors (Lipinski definition) is 0. The van der Waals surface area contributed by atoms with Gasteiger partial charge in [-0.1, -0.05) is 35.4 Å². The highest BCUT2D eigenvalue weighted by atomic mass is 79.9. The largest absolute Gasteiger partial charge is 0.143 e. The molecule has 0 saturated heterocycles. The van der Waals surface area contributed by atoms with Gasteiger partial charge >= 0.3 is 0 Å². The Labute approximate surface area is 100 Å². The van der Waals surface area contributed by atoms with E-state index < -0.39 is 0 Å². The van der Waals surface area contributed by atoms with E-state index in [1.165, 1.54) is 14.9 Å². The van der Waals surface area contributed by atoms with Crippen LogP contribution in [0.1, 0.15) is 18.7 Å². The molecule has 0 bridgehead atoms. The fraction of sp³-hybridized carbons (Fsp3) is 0.400. The zero-order valence-electron chi connectivity index (χ0n) is 7.68. The summed E-state index contributed by atoms with van der Waals surface area (Å²) < 4.78 is 1.19. The third kappa shape index (κ3) is 3.22. The van der Waals surface area contributed by atoms with E-state index in [0.29, 0.717) is 5.92 Å². The van der Waals surface area contributed by atoms with Crippen LogP contribution < -0.4 is 0 Å². The predicted octanol–water partition coefficient (Wildman–Crippen LogP) is 4.94. The Kier molecular flexibility index (Phi) is 4.70. The quantitative estimate of drug-likeness (QED) is 0.691. The van der Waals surface area contributed by atoms with Gasteiger partial charge in [0, 0.05) is 14.7 Å². The van der Waals surface area contributed by atoms with E-state index in [9.17, 15) is 0 Å². The summed E-state index contributed by atoms with van der Waals surface area (Å²) in [5.74, 6) is 0.605. The Bertz CT molecular complexity index is 300. The molecule has 0 N–H and O–H groups in total. The molecule has 0 unspecified atom stereocenters. The predicted molar refractivity (Wildman–Crippen MR) is 68.6 cm³/mol. The fourth-order valence-corrected chi connectivity index (χ4v) is 3.20. The second-order valence-corrected chi connectivity index (χ2v) is 5.50. The highest BCUT2D eigenvalue weighted by Gasteiger charge is 2.04. The minimum absolute atomic E-state index is 0.605. The first-order valence-electron chi connectivity index (χ1n) is 4.14. The lowest BCUT2D eigenvalue weighted by molar-refractivity contribution is 0.781. The van der Waals surface area contributed by atoms with E-state index in [4.69, 9.17) is 0 Å². The summed E-state index contributed by atoms with van der Waals surface area (Å²) in [6, 6.07) is 2.09. The molecule has 0 amide bonds. The number of thiophene rings is 1. The van der Waals surface area contributed by atoms with Crippen LogP contribution in [0, 0.1) is 5.92 Å². The molecule has 1 aromatic heterocycles. The van der Waals surface area contributed by atoms with Crippen LogP contribution in [0.3, 0.4) is 0 Å². The van der Waals surface area contributed by atoms with Gasteiger partial charge in [-0.25, -0.2) is 0 Å². The molecule has 1 heterocycles. The molecule has 0 aliphatic rings. The zero-order valence-corrected chi connectivity index (χ0v) is 11.7. The van der Waals surface area contributed by atoms with Crippen LogP contribution >= 0.6 is 43.2 Å². The third-order valence-electron chi connectivity index (χ3n) is 1.86. The van der Waals surface area contributed by atoms with Crippen LogP contribution in [0.15, 0.2) is 21.5 Å². The zero-order chi connectivity index (χ0) is 9.84. The van der Waals surface area contributed by atoms with Gasteiger partial charge in [-0.05, 0) is 39.4 Å². The second-order valence-electron chi connectivity index (χ2n) is 3.14. The molecular weight excluding hydrogens is 312 g/mol.